The summed E-state index contributed by atoms with van der Waals surface area (Å²) in [6.07, 6.45) is 2.39. The number of fused-ring (bicyclic) bond motifs is 1. The molecule has 1 aliphatic heterocycles. The Bertz CT molecular complexity index is 948. The van der Waals surface area contributed by atoms with Crippen LogP contribution in [0.2, 0.25) is 0 Å². The predicted molar refractivity (Wildman–Crippen MR) is 98.3 cm³/mol. The molecule has 0 radical (unpaired) electrons. The topological polar surface area (TPSA) is 90.6 Å². The van der Waals surface area contributed by atoms with Gasteiger partial charge < -0.3 is 14.8 Å². The van der Waals surface area contributed by atoms with E-state index in [9.17, 15) is 4.79 Å². The number of rotatable bonds is 5. The molecule has 3 heterocycles. The maximum atomic E-state index is 12.3. The summed E-state index contributed by atoms with van der Waals surface area (Å²) in [6.45, 7) is 2.99. The summed E-state index contributed by atoms with van der Waals surface area (Å²) < 4.78 is 12.1. The van der Waals surface area contributed by atoms with Crippen molar-refractivity contribution < 1.29 is 14.3 Å². The molecule has 1 N–H and O–H groups in total. The molecule has 2 aromatic heterocycles. The van der Waals surface area contributed by atoms with Crippen LogP contribution in [0.5, 0.6) is 5.75 Å². The molecular weight excluding hydrogens is 346 g/mol. The van der Waals surface area contributed by atoms with E-state index in [1.165, 1.54) is 0 Å². The fourth-order valence-corrected chi connectivity index (χ4v) is 3.05. The van der Waals surface area contributed by atoms with Crippen LogP contribution >= 0.6 is 0 Å². The van der Waals surface area contributed by atoms with Gasteiger partial charge in [-0.15, -0.1) is 5.10 Å². The van der Waals surface area contributed by atoms with Crippen molar-refractivity contribution in [3.8, 4) is 17.0 Å². The Kier molecular flexibility index (Phi) is 4.72. The number of carbonyl (C=O) groups excluding carboxylic acids is 1. The molecule has 1 amide bonds. The minimum Gasteiger partial charge on any atom is -0.497 e. The Labute approximate surface area is 156 Å². The minimum atomic E-state index is -0.289. The van der Waals surface area contributed by atoms with E-state index in [4.69, 9.17) is 9.47 Å². The van der Waals surface area contributed by atoms with Gasteiger partial charge in [-0.1, -0.05) is 0 Å². The molecule has 3 aromatic rings. The predicted octanol–water partition coefficient (Wildman–Crippen LogP) is 2.01. The normalized spacial score (nSPS) is 17.8. The van der Waals surface area contributed by atoms with Crippen LogP contribution in [0.3, 0.4) is 0 Å². The van der Waals surface area contributed by atoms with Crippen LogP contribution in [0, 0.1) is 5.92 Å². The van der Waals surface area contributed by atoms with Crippen molar-refractivity contribution in [2.24, 2.45) is 5.92 Å². The number of amides is 1. The van der Waals surface area contributed by atoms with Crippen molar-refractivity contribution in [2.45, 2.75) is 19.4 Å². The molecule has 0 unspecified atom stereocenters. The van der Waals surface area contributed by atoms with Crippen molar-refractivity contribution in [2.75, 3.05) is 20.3 Å². The van der Waals surface area contributed by atoms with Gasteiger partial charge in [-0.05, 0) is 37.6 Å². The summed E-state index contributed by atoms with van der Waals surface area (Å²) in [4.78, 5) is 21.3. The van der Waals surface area contributed by atoms with E-state index in [1.54, 1.807) is 18.0 Å². The maximum absolute atomic E-state index is 12.3. The first kappa shape index (κ1) is 17.4. The van der Waals surface area contributed by atoms with Gasteiger partial charge in [0.1, 0.15) is 12.1 Å². The highest BCUT2D eigenvalue weighted by molar-refractivity contribution is 5.79. The highest BCUT2D eigenvalue weighted by atomic mass is 16.5. The summed E-state index contributed by atoms with van der Waals surface area (Å²) in [7, 11) is 1.64. The Morgan fingerprint density at radius 1 is 1.37 bits per heavy atom. The average molecular weight is 367 g/mol. The second-order valence-electron chi connectivity index (χ2n) is 6.57. The first-order valence-electron chi connectivity index (χ1n) is 8.89. The van der Waals surface area contributed by atoms with Crippen LogP contribution in [-0.2, 0) is 9.53 Å². The van der Waals surface area contributed by atoms with Crippen LogP contribution in [0.4, 0.5) is 0 Å². The molecule has 1 fully saturated rings. The number of aromatic nitrogens is 4. The third kappa shape index (κ3) is 3.61. The van der Waals surface area contributed by atoms with Crippen molar-refractivity contribution in [3.63, 3.8) is 0 Å². The zero-order chi connectivity index (χ0) is 18.8. The molecule has 0 bridgehead atoms. The number of hydrogen-bond acceptors (Lipinski definition) is 6. The van der Waals surface area contributed by atoms with E-state index < -0.39 is 0 Å². The van der Waals surface area contributed by atoms with Crippen molar-refractivity contribution >= 4 is 11.6 Å². The van der Waals surface area contributed by atoms with E-state index in [1.807, 2.05) is 37.3 Å². The van der Waals surface area contributed by atoms with Gasteiger partial charge in [-0.3, -0.25) is 4.79 Å². The fraction of sp³-hybridized carbons (Fsp3) is 0.368. The zero-order valence-corrected chi connectivity index (χ0v) is 15.3. The third-order valence-corrected chi connectivity index (χ3v) is 4.68. The smallest absolute Gasteiger partial charge is 0.226 e. The Morgan fingerprint density at radius 2 is 2.19 bits per heavy atom. The number of hydrogen-bond donors (Lipinski definition) is 1. The molecule has 27 heavy (non-hydrogen) atoms. The number of nitrogens with one attached hydrogen (secondary N) is 1. The van der Waals surface area contributed by atoms with Gasteiger partial charge in [0.15, 0.2) is 11.5 Å². The SMILES string of the molecule is COc1ccc(-c2cc3nc([C@@H](C)NC(=O)[C@H]4CCOC4)nn3cn2)cc1. The van der Waals surface area contributed by atoms with Gasteiger partial charge >= 0.3 is 0 Å². The van der Waals surface area contributed by atoms with Crippen LogP contribution in [0.15, 0.2) is 36.7 Å². The maximum Gasteiger partial charge on any atom is 0.226 e. The lowest BCUT2D eigenvalue weighted by Crippen LogP contribution is -2.33. The van der Waals surface area contributed by atoms with Crippen LogP contribution < -0.4 is 10.1 Å². The van der Waals surface area contributed by atoms with Gasteiger partial charge in [-0.25, -0.2) is 14.5 Å². The molecule has 0 aliphatic carbocycles. The van der Waals surface area contributed by atoms with Crippen molar-refractivity contribution in [3.05, 3.63) is 42.5 Å². The van der Waals surface area contributed by atoms with E-state index >= 15 is 0 Å². The van der Waals surface area contributed by atoms with Gasteiger partial charge in [0, 0.05) is 18.2 Å². The Hall–Kier alpha value is -3.00. The van der Waals surface area contributed by atoms with Crippen LogP contribution in [0.1, 0.15) is 25.2 Å². The first-order valence-corrected chi connectivity index (χ1v) is 8.89. The lowest BCUT2D eigenvalue weighted by atomic mass is 10.1. The zero-order valence-electron chi connectivity index (χ0n) is 15.3. The summed E-state index contributed by atoms with van der Waals surface area (Å²) in [6, 6.07) is 9.25. The quantitative estimate of drug-likeness (QED) is 0.742. The molecule has 1 saturated heterocycles. The average Bonchev–Trinajstić information content (AvgIpc) is 3.37. The standard InChI is InChI=1S/C19H21N5O3/c1-12(21-19(25)14-7-8-27-10-14)18-22-17-9-16(20-11-24(17)23-18)13-3-5-15(26-2)6-4-13/h3-6,9,11-12,14H,7-8,10H2,1-2H3,(H,21,25)/t12-,14+/m1/s1. The second-order valence-corrected chi connectivity index (χ2v) is 6.57. The van der Waals surface area contributed by atoms with E-state index in [-0.39, 0.29) is 17.9 Å². The number of carbonyl (C=O) groups is 1. The minimum absolute atomic E-state index is 0.0177. The van der Waals surface area contributed by atoms with E-state index in [0.29, 0.717) is 24.7 Å². The molecule has 0 spiro atoms. The monoisotopic (exact) mass is 367 g/mol. The highest BCUT2D eigenvalue weighted by Gasteiger charge is 2.25. The molecule has 1 aromatic carbocycles. The molecule has 8 heteroatoms. The molecule has 1 aliphatic rings. The van der Waals surface area contributed by atoms with Crippen LogP contribution in [0.25, 0.3) is 16.9 Å². The number of ether oxygens (including phenoxy) is 2. The molecule has 4 rings (SSSR count). The van der Waals surface area contributed by atoms with Gasteiger partial charge in [0.05, 0.1) is 31.4 Å². The number of benzene rings is 1. The largest absolute Gasteiger partial charge is 0.497 e. The Morgan fingerprint density at radius 3 is 2.89 bits per heavy atom. The lowest BCUT2D eigenvalue weighted by Gasteiger charge is -2.13. The van der Waals surface area contributed by atoms with Gasteiger partial charge in [0.25, 0.3) is 0 Å². The lowest BCUT2D eigenvalue weighted by molar-refractivity contribution is -0.125. The van der Waals surface area contributed by atoms with Crippen molar-refractivity contribution in [1.82, 2.24) is 24.9 Å². The van der Waals surface area contributed by atoms with Gasteiger partial charge in [-0.2, -0.15) is 0 Å². The summed E-state index contributed by atoms with van der Waals surface area (Å²) in [5.74, 6) is 1.24. The third-order valence-electron chi connectivity index (χ3n) is 4.68. The molecular formula is C19H21N5O3. The summed E-state index contributed by atoms with van der Waals surface area (Å²) >= 11 is 0. The van der Waals surface area contributed by atoms with Crippen molar-refractivity contribution in [1.29, 1.82) is 0 Å². The highest BCUT2D eigenvalue weighted by Crippen LogP contribution is 2.22. The number of methoxy groups -OCH3 is 1. The fourth-order valence-electron chi connectivity index (χ4n) is 3.05. The Balaban J connectivity index is 1.53. The second kappa shape index (κ2) is 7.32. The molecule has 2 atom stereocenters. The molecule has 8 nitrogen and oxygen atoms in total. The summed E-state index contributed by atoms with van der Waals surface area (Å²) in [5.41, 5.74) is 2.44. The number of nitrogens with zero attached hydrogens (tertiary/aromatic N) is 4. The van der Waals surface area contributed by atoms with E-state index in [2.05, 4.69) is 20.4 Å². The molecule has 0 saturated carbocycles. The summed E-state index contributed by atoms with van der Waals surface area (Å²) in [5, 5.41) is 7.40. The van der Waals surface area contributed by atoms with Gasteiger partial charge in [0.2, 0.25) is 5.91 Å². The van der Waals surface area contributed by atoms with E-state index in [0.717, 1.165) is 23.4 Å². The first-order chi connectivity index (χ1) is 13.1. The molecule has 140 valence electrons. The van der Waals surface area contributed by atoms with Crippen LogP contribution in [-0.4, -0.2) is 45.8 Å².